The van der Waals surface area contributed by atoms with E-state index in [1.54, 1.807) is 25.5 Å². The van der Waals surface area contributed by atoms with E-state index in [-0.39, 0.29) is 6.04 Å². The second-order valence-electron chi connectivity index (χ2n) is 7.89. The van der Waals surface area contributed by atoms with Crippen LogP contribution in [0, 0.1) is 0 Å². The topological polar surface area (TPSA) is 67.1 Å². The van der Waals surface area contributed by atoms with Crippen LogP contribution < -0.4 is 4.80 Å². The zero-order valence-electron chi connectivity index (χ0n) is 18.3. The van der Waals surface area contributed by atoms with Gasteiger partial charge in [-0.05, 0) is 37.5 Å². The summed E-state index contributed by atoms with van der Waals surface area (Å²) in [7, 11) is 0.250. The highest BCUT2D eigenvalue weighted by molar-refractivity contribution is 7.88. The van der Waals surface area contributed by atoms with Gasteiger partial charge in [0.2, 0.25) is 10.0 Å². The lowest BCUT2D eigenvalue weighted by atomic mass is 10.1. The van der Waals surface area contributed by atoms with Crippen LogP contribution in [-0.4, -0.2) is 68.3 Å². The molecule has 0 saturated carbocycles. The van der Waals surface area contributed by atoms with Gasteiger partial charge in [0.1, 0.15) is 0 Å². The maximum absolute atomic E-state index is 11.8. The molecule has 1 fully saturated rings. The average molecular weight is 487 g/mol. The summed E-state index contributed by atoms with van der Waals surface area (Å²) in [6.07, 6.45) is 3.87. The number of likely N-dealkylation sites (tertiary alicyclic amines) is 1. The number of halogens is 1. The Morgan fingerprint density at radius 3 is 2.71 bits per heavy atom. The summed E-state index contributed by atoms with van der Waals surface area (Å²) in [5.41, 5.74) is 2.06. The number of ether oxygens (including phenoxy) is 1. The van der Waals surface area contributed by atoms with Crippen molar-refractivity contribution in [3.63, 3.8) is 0 Å². The molecule has 7 nitrogen and oxygen atoms in total. The molecule has 172 valence electrons. The minimum Gasteiger partial charge on any atom is -0.385 e. The van der Waals surface area contributed by atoms with Gasteiger partial charge in [0.25, 0.3) is 0 Å². The number of aromatic nitrogens is 1. The molecule has 2 aromatic rings. The summed E-state index contributed by atoms with van der Waals surface area (Å²) in [6, 6.07) is 7.65. The number of rotatable bonds is 9. The van der Waals surface area contributed by atoms with Crippen LogP contribution in [0.4, 0.5) is 5.69 Å². The molecule has 0 N–H and O–H groups in total. The minimum atomic E-state index is -3.15. The van der Waals surface area contributed by atoms with Gasteiger partial charge in [0.15, 0.2) is 4.80 Å². The highest BCUT2D eigenvalue weighted by Gasteiger charge is 2.27. The quantitative estimate of drug-likeness (QED) is 0.510. The Kier molecular flexibility index (Phi) is 8.72. The molecule has 1 saturated heterocycles. The van der Waals surface area contributed by atoms with Gasteiger partial charge in [0.05, 0.1) is 11.9 Å². The molecule has 0 spiro atoms. The Morgan fingerprint density at radius 1 is 1.32 bits per heavy atom. The van der Waals surface area contributed by atoms with E-state index in [1.807, 2.05) is 24.3 Å². The molecule has 0 aliphatic carbocycles. The first-order valence-corrected chi connectivity index (χ1v) is 13.5. The van der Waals surface area contributed by atoms with Gasteiger partial charge in [-0.25, -0.2) is 17.7 Å². The maximum Gasteiger partial charge on any atom is 0.211 e. The normalized spacial score (nSPS) is 17.0. The lowest BCUT2D eigenvalue weighted by molar-refractivity contribution is 0.160. The first-order chi connectivity index (χ1) is 14.8. The molecular weight excluding hydrogens is 456 g/mol. The molecule has 1 aromatic carbocycles. The van der Waals surface area contributed by atoms with Crippen molar-refractivity contribution in [3.8, 4) is 0 Å². The van der Waals surface area contributed by atoms with Crippen molar-refractivity contribution in [2.45, 2.75) is 38.4 Å². The SMILES string of the molecule is COCCCn1c(CN2CCC(N(C)S(C)(=O)=O)CC2)csc1=Nc1cccc(Cl)c1. The zero-order valence-corrected chi connectivity index (χ0v) is 20.7. The summed E-state index contributed by atoms with van der Waals surface area (Å²) in [6.45, 7) is 4.10. The van der Waals surface area contributed by atoms with Gasteiger partial charge in [-0.1, -0.05) is 17.7 Å². The lowest BCUT2D eigenvalue weighted by Crippen LogP contribution is -2.45. The van der Waals surface area contributed by atoms with E-state index < -0.39 is 10.0 Å². The first kappa shape index (κ1) is 24.4. The summed E-state index contributed by atoms with van der Waals surface area (Å²) >= 11 is 7.75. The van der Waals surface area contributed by atoms with Crippen molar-refractivity contribution in [1.29, 1.82) is 0 Å². The number of piperidine rings is 1. The van der Waals surface area contributed by atoms with Crippen molar-refractivity contribution >= 4 is 38.6 Å². The Labute approximate surface area is 194 Å². The van der Waals surface area contributed by atoms with Gasteiger partial charge in [0, 0.05) is 69.1 Å². The average Bonchev–Trinajstić information content (AvgIpc) is 3.09. The Balaban J connectivity index is 1.74. The van der Waals surface area contributed by atoms with E-state index in [0.717, 1.165) is 55.9 Å². The molecule has 31 heavy (non-hydrogen) atoms. The smallest absolute Gasteiger partial charge is 0.211 e. The predicted molar refractivity (Wildman–Crippen MR) is 126 cm³/mol. The molecule has 0 radical (unpaired) electrons. The molecule has 2 heterocycles. The van der Waals surface area contributed by atoms with Gasteiger partial charge in [-0.2, -0.15) is 0 Å². The molecule has 1 aliphatic heterocycles. The number of sulfonamides is 1. The molecule has 0 atom stereocenters. The molecule has 1 aromatic heterocycles. The summed E-state index contributed by atoms with van der Waals surface area (Å²) in [4.78, 5) is 8.16. The highest BCUT2D eigenvalue weighted by Crippen LogP contribution is 2.21. The standard InChI is InChI=1S/C21H31ClN4O3S2/c1-24(31(3,27)28)19-8-11-25(12-9-19)15-20-16-30-21(26(20)10-5-13-29-2)23-18-7-4-6-17(22)14-18/h4,6-7,14,16,19H,5,8-13,15H2,1-3H3. The van der Waals surface area contributed by atoms with E-state index in [1.165, 1.54) is 16.3 Å². The fourth-order valence-corrected chi connectivity index (χ4v) is 5.66. The van der Waals surface area contributed by atoms with Gasteiger partial charge >= 0.3 is 0 Å². The fourth-order valence-electron chi connectivity index (χ4n) is 3.78. The Bertz CT molecular complexity index is 1030. The van der Waals surface area contributed by atoms with Crippen LogP contribution >= 0.6 is 22.9 Å². The van der Waals surface area contributed by atoms with Crippen LogP contribution in [0.3, 0.4) is 0 Å². The van der Waals surface area contributed by atoms with Crippen LogP contribution in [-0.2, 0) is 27.8 Å². The van der Waals surface area contributed by atoms with Crippen molar-refractivity contribution in [3.05, 3.63) is 45.2 Å². The second kappa shape index (κ2) is 11.1. The molecule has 0 amide bonds. The third kappa shape index (κ3) is 6.87. The van der Waals surface area contributed by atoms with Crippen LogP contribution in [0.2, 0.25) is 5.02 Å². The third-order valence-corrected chi connectivity index (χ3v) is 8.11. The summed E-state index contributed by atoms with van der Waals surface area (Å²) in [5, 5.41) is 2.84. The van der Waals surface area contributed by atoms with E-state index in [4.69, 9.17) is 21.3 Å². The number of nitrogens with zero attached hydrogens (tertiary/aromatic N) is 4. The Morgan fingerprint density at radius 2 is 2.06 bits per heavy atom. The minimum absolute atomic E-state index is 0.0796. The number of hydrogen-bond donors (Lipinski definition) is 0. The monoisotopic (exact) mass is 486 g/mol. The zero-order chi connectivity index (χ0) is 22.4. The summed E-state index contributed by atoms with van der Waals surface area (Å²) in [5.74, 6) is 0. The lowest BCUT2D eigenvalue weighted by Gasteiger charge is -2.35. The third-order valence-electron chi connectivity index (χ3n) is 5.62. The number of thiazole rings is 1. The predicted octanol–water partition coefficient (Wildman–Crippen LogP) is 3.33. The van der Waals surface area contributed by atoms with Crippen LogP contribution in [0.25, 0.3) is 0 Å². The Hall–Kier alpha value is -1.23. The molecule has 0 bridgehead atoms. The van der Waals surface area contributed by atoms with Crippen molar-refractivity contribution in [2.75, 3.05) is 40.1 Å². The van der Waals surface area contributed by atoms with E-state index >= 15 is 0 Å². The molecule has 0 unspecified atom stereocenters. The number of methoxy groups -OCH3 is 1. The number of benzene rings is 1. The molecular formula is C21H31ClN4O3S2. The van der Waals surface area contributed by atoms with E-state index in [0.29, 0.717) is 11.6 Å². The second-order valence-corrected chi connectivity index (χ2v) is 11.2. The largest absolute Gasteiger partial charge is 0.385 e. The van der Waals surface area contributed by atoms with Crippen molar-refractivity contribution in [1.82, 2.24) is 13.8 Å². The molecule has 3 rings (SSSR count). The molecule has 10 heteroatoms. The maximum atomic E-state index is 11.8. The van der Waals surface area contributed by atoms with E-state index in [2.05, 4.69) is 14.8 Å². The summed E-state index contributed by atoms with van der Waals surface area (Å²) < 4.78 is 32.7. The number of hydrogen-bond acceptors (Lipinski definition) is 6. The van der Waals surface area contributed by atoms with E-state index in [9.17, 15) is 8.42 Å². The van der Waals surface area contributed by atoms with Crippen LogP contribution in [0.1, 0.15) is 25.0 Å². The first-order valence-electron chi connectivity index (χ1n) is 10.4. The highest BCUT2D eigenvalue weighted by atomic mass is 35.5. The van der Waals surface area contributed by atoms with Crippen LogP contribution in [0.15, 0.2) is 34.6 Å². The fraction of sp³-hybridized carbons (Fsp3) is 0.571. The van der Waals surface area contributed by atoms with Gasteiger partial charge in [-0.15, -0.1) is 11.3 Å². The van der Waals surface area contributed by atoms with Crippen molar-refractivity contribution in [2.24, 2.45) is 4.99 Å². The van der Waals surface area contributed by atoms with Crippen LogP contribution in [0.5, 0.6) is 0 Å². The van der Waals surface area contributed by atoms with Crippen molar-refractivity contribution < 1.29 is 13.2 Å². The van der Waals surface area contributed by atoms with Gasteiger partial charge in [-0.3, -0.25) is 4.90 Å². The molecule has 1 aliphatic rings. The van der Waals surface area contributed by atoms with Gasteiger partial charge < -0.3 is 9.30 Å².